The number of hydrogen-bond acceptors (Lipinski definition) is 6. The molecule has 0 spiro atoms. The maximum Gasteiger partial charge on any atom is 0.323 e. The van der Waals surface area contributed by atoms with Gasteiger partial charge in [-0.1, -0.05) is 6.07 Å². The molecule has 1 aromatic heterocycles. The zero-order valence-corrected chi connectivity index (χ0v) is 11.0. The van der Waals surface area contributed by atoms with Crippen molar-refractivity contribution in [2.24, 2.45) is 5.92 Å². The molecule has 1 saturated heterocycles. The highest BCUT2D eigenvalue weighted by Gasteiger charge is 2.43. The van der Waals surface area contributed by atoms with E-state index in [1.807, 2.05) is 0 Å². The van der Waals surface area contributed by atoms with Crippen molar-refractivity contribution in [1.29, 1.82) is 0 Å². The molecule has 0 aliphatic carbocycles. The van der Waals surface area contributed by atoms with Gasteiger partial charge in [0, 0.05) is 26.1 Å². The van der Waals surface area contributed by atoms with Gasteiger partial charge in [-0.25, -0.2) is 4.98 Å². The third-order valence-corrected chi connectivity index (χ3v) is 2.71. The third-order valence-electron chi connectivity index (χ3n) is 2.71. The molecule has 6 nitrogen and oxygen atoms in total. The first-order valence-corrected chi connectivity index (χ1v) is 5.86. The number of rotatable bonds is 3. The van der Waals surface area contributed by atoms with Crippen molar-refractivity contribution in [1.82, 2.24) is 4.98 Å². The molecule has 19 heavy (non-hydrogen) atoms. The van der Waals surface area contributed by atoms with Gasteiger partial charge in [0.25, 0.3) is 5.79 Å². The molecule has 1 aliphatic rings. The van der Waals surface area contributed by atoms with Crippen LogP contribution >= 0.6 is 0 Å². The predicted molar refractivity (Wildman–Crippen MR) is 64.2 cm³/mol. The second kappa shape index (κ2) is 4.87. The number of esters is 2. The van der Waals surface area contributed by atoms with Gasteiger partial charge in [-0.15, -0.1) is 0 Å². The van der Waals surface area contributed by atoms with E-state index in [4.69, 9.17) is 14.2 Å². The lowest BCUT2D eigenvalue weighted by atomic mass is 9.99. The van der Waals surface area contributed by atoms with Crippen LogP contribution in [0, 0.1) is 5.92 Å². The second-order valence-electron chi connectivity index (χ2n) is 4.71. The van der Waals surface area contributed by atoms with Crippen molar-refractivity contribution < 1.29 is 23.8 Å². The molecule has 6 heteroatoms. The van der Waals surface area contributed by atoms with E-state index in [2.05, 4.69) is 4.98 Å². The Morgan fingerprint density at radius 2 is 1.89 bits per heavy atom. The van der Waals surface area contributed by atoms with Crippen molar-refractivity contribution in [2.75, 3.05) is 7.11 Å². The third kappa shape index (κ3) is 3.01. The number of ether oxygens (including phenoxy) is 3. The van der Waals surface area contributed by atoms with Gasteiger partial charge in [0.1, 0.15) is 0 Å². The van der Waals surface area contributed by atoms with E-state index in [0.717, 1.165) is 5.56 Å². The average Bonchev–Trinajstić information content (AvgIpc) is 2.33. The average molecular weight is 265 g/mol. The first-order chi connectivity index (χ1) is 8.91. The Kier molecular flexibility index (Phi) is 3.42. The summed E-state index contributed by atoms with van der Waals surface area (Å²) in [6.07, 6.45) is 1.75. The molecule has 2 heterocycles. The van der Waals surface area contributed by atoms with E-state index in [0.29, 0.717) is 5.88 Å². The highest BCUT2D eigenvalue weighted by molar-refractivity contribution is 5.96. The number of nitrogens with zero attached hydrogens (tertiary/aromatic N) is 1. The molecule has 0 N–H and O–H groups in total. The largest absolute Gasteiger partial charge is 0.481 e. The number of pyridine rings is 1. The summed E-state index contributed by atoms with van der Waals surface area (Å²) in [6.45, 7) is 3.04. The number of hydrogen-bond donors (Lipinski definition) is 0. The smallest absolute Gasteiger partial charge is 0.323 e. The molecule has 0 atom stereocenters. The van der Waals surface area contributed by atoms with Crippen LogP contribution in [-0.4, -0.2) is 29.8 Å². The minimum Gasteiger partial charge on any atom is -0.481 e. The first kappa shape index (κ1) is 13.3. The molecular weight excluding hydrogens is 250 g/mol. The minimum atomic E-state index is -1.19. The second-order valence-corrected chi connectivity index (χ2v) is 4.71. The van der Waals surface area contributed by atoms with Gasteiger partial charge >= 0.3 is 11.9 Å². The van der Waals surface area contributed by atoms with Gasteiger partial charge in [0.2, 0.25) is 5.88 Å². The van der Waals surface area contributed by atoms with Crippen LogP contribution in [0.5, 0.6) is 5.88 Å². The Hall–Kier alpha value is -2.11. The summed E-state index contributed by atoms with van der Waals surface area (Å²) in [6, 6.07) is 3.41. The SMILES string of the molecule is COc1ccc(CC2C(=O)OC(C)(C)OC2=O)cn1. The van der Waals surface area contributed by atoms with Crippen molar-refractivity contribution in [3.8, 4) is 5.88 Å². The molecule has 0 bridgehead atoms. The van der Waals surface area contributed by atoms with Crippen LogP contribution in [0.2, 0.25) is 0 Å². The molecule has 0 amide bonds. The number of carbonyl (C=O) groups is 2. The van der Waals surface area contributed by atoms with E-state index in [-0.39, 0.29) is 6.42 Å². The number of methoxy groups -OCH3 is 1. The molecule has 0 aromatic carbocycles. The lowest BCUT2D eigenvalue weighted by molar-refractivity contribution is -0.239. The van der Waals surface area contributed by atoms with Crippen LogP contribution in [0.3, 0.4) is 0 Å². The van der Waals surface area contributed by atoms with Crippen LogP contribution in [0.1, 0.15) is 19.4 Å². The maximum atomic E-state index is 11.8. The van der Waals surface area contributed by atoms with E-state index < -0.39 is 23.6 Å². The van der Waals surface area contributed by atoms with Crippen LogP contribution in [0.15, 0.2) is 18.3 Å². The summed E-state index contributed by atoms with van der Waals surface area (Å²) < 4.78 is 15.0. The van der Waals surface area contributed by atoms with Gasteiger partial charge in [0.05, 0.1) is 7.11 Å². The Morgan fingerprint density at radius 3 is 2.37 bits per heavy atom. The number of aromatic nitrogens is 1. The van der Waals surface area contributed by atoms with Crippen LogP contribution in [0.4, 0.5) is 0 Å². The predicted octanol–water partition coefficient (Wildman–Crippen LogP) is 1.08. The van der Waals surface area contributed by atoms with Crippen molar-refractivity contribution >= 4 is 11.9 Å². The van der Waals surface area contributed by atoms with Gasteiger partial charge < -0.3 is 14.2 Å². The summed E-state index contributed by atoms with van der Waals surface area (Å²) >= 11 is 0. The fraction of sp³-hybridized carbons (Fsp3) is 0.462. The zero-order chi connectivity index (χ0) is 14.0. The standard InChI is InChI=1S/C13H15NO5/c1-13(2)18-11(15)9(12(16)19-13)6-8-4-5-10(17-3)14-7-8/h4-5,7,9H,6H2,1-3H3. The van der Waals surface area contributed by atoms with Gasteiger partial charge in [-0.2, -0.15) is 0 Å². The summed E-state index contributed by atoms with van der Waals surface area (Å²) in [7, 11) is 1.51. The van der Waals surface area contributed by atoms with E-state index in [9.17, 15) is 9.59 Å². The lowest BCUT2D eigenvalue weighted by Gasteiger charge is -2.32. The lowest BCUT2D eigenvalue weighted by Crippen LogP contribution is -2.46. The van der Waals surface area contributed by atoms with Gasteiger partial charge in [-0.05, 0) is 12.0 Å². The molecule has 0 radical (unpaired) electrons. The highest BCUT2D eigenvalue weighted by Crippen LogP contribution is 2.25. The molecule has 1 aromatic rings. The fourth-order valence-corrected chi connectivity index (χ4v) is 1.80. The first-order valence-electron chi connectivity index (χ1n) is 5.86. The summed E-state index contributed by atoms with van der Waals surface area (Å²) in [5.41, 5.74) is 0.736. The maximum absolute atomic E-state index is 11.8. The molecule has 102 valence electrons. The quantitative estimate of drug-likeness (QED) is 0.601. The number of cyclic esters (lactones) is 2. The zero-order valence-electron chi connectivity index (χ0n) is 11.0. The topological polar surface area (TPSA) is 74.7 Å². The van der Waals surface area contributed by atoms with Crippen molar-refractivity contribution in [2.45, 2.75) is 26.1 Å². The van der Waals surface area contributed by atoms with Crippen LogP contribution in [-0.2, 0) is 25.5 Å². The van der Waals surface area contributed by atoms with Gasteiger partial charge in [-0.3, -0.25) is 9.59 Å². The monoisotopic (exact) mass is 265 g/mol. The molecular formula is C13H15NO5. The molecule has 2 rings (SSSR count). The van der Waals surface area contributed by atoms with E-state index in [1.54, 1.807) is 18.3 Å². The molecule has 0 saturated carbocycles. The van der Waals surface area contributed by atoms with Crippen molar-refractivity contribution in [3.63, 3.8) is 0 Å². The highest BCUT2D eigenvalue weighted by atomic mass is 16.7. The van der Waals surface area contributed by atoms with Crippen LogP contribution in [0.25, 0.3) is 0 Å². The Balaban J connectivity index is 2.09. The summed E-state index contributed by atoms with van der Waals surface area (Å²) in [5, 5.41) is 0. The van der Waals surface area contributed by atoms with E-state index >= 15 is 0 Å². The fourth-order valence-electron chi connectivity index (χ4n) is 1.80. The summed E-state index contributed by atoms with van der Waals surface area (Å²) in [4.78, 5) is 27.6. The Morgan fingerprint density at radius 1 is 1.26 bits per heavy atom. The van der Waals surface area contributed by atoms with Crippen LogP contribution < -0.4 is 4.74 Å². The Labute approximate surface area is 110 Å². The number of carbonyl (C=O) groups excluding carboxylic acids is 2. The molecule has 1 fully saturated rings. The molecule has 0 unspecified atom stereocenters. The Bertz CT molecular complexity index is 474. The summed E-state index contributed by atoms with van der Waals surface area (Å²) in [5.74, 6) is -2.81. The minimum absolute atomic E-state index is 0.199. The normalized spacial score (nSPS) is 18.7. The molecule has 1 aliphatic heterocycles. The van der Waals surface area contributed by atoms with Crippen molar-refractivity contribution in [3.05, 3.63) is 23.9 Å². The van der Waals surface area contributed by atoms with Gasteiger partial charge in [0.15, 0.2) is 5.92 Å². The van der Waals surface area contributed by atoms with E-state index in [1.165, 1.54) is 21.0 Å².